The van der Waals surface area contributed by atoms with E-state index in [9.17, 15) is 0 Å². The van der Waals surface area contributed by atoms with Crippen LogP contribution in [0.4, 0.5) is 0 Å². The number of nitrogens with two attached hydrogens (primary N) is 1. The number of hydrogen-bond acceptors (Lipinski definition) is 4. The third-order valence-electron chi connectivity index (χ3n) is 3.97. The number of nitrogens with zero attached hydrogens (tertiary/aromatic N) is 2. The van der Waals surface area contributed by atoms with Crippen LogP contribution < -0.4 is 5.73 Å². The number of H-pyrrole nitrogens is 1. The summed E-state index contributed by atoms with van der Waals surface area (Å²) < 4.78 is 0. The topological polar surface area (TPSA) is 57.9 Å². The Labute approximate surface area is 117 Å². The zero-order valence-corrected chi connectivity index (χ0v) is 12.0. The minimum absolute atomic E-state index is 0.297. The fourth-order valence-electron chi connectivity index (χ4n) is 2.76. The quantitative estimate of drug-likeness (QED) is 0.901. The van der Waals surface area contributed by atoms with Crippen molar-refractivity contribution in [2.45, 2.75) is 25.9 Å². The SMILES string of the molecule is CC(N)C1CCN(Cc2cn[nH]c2-c2ccsc2)C1. The Kier molecular flexibility index (Phi) is 3.68. The van der Waals surface area contributed by atoms with E-state index in [0.717, 1.165) is 25.3 Å². The van der Waals surface area contributed by atoms with Gasteiger partial charge in [-0.1, -0.05) is 0 Å². The molecule has 2 aromatic rings. The van der Waals surface area contributed by atoms with E-state index in [0.29, 0.717) is 12.0 Å². The van der Waals surface area contributed by atoms with Gasteiger partial charge in [0, 0.05) is 35.6 Å². The lowest BCUT2D eigenvalue weighted by Crippen LogP contribution is -2.29. The van der Waals surface area contributed by atoms with E-state index in [-0.39, 0.29) is 0 Å². The molecule has 3 N–H and O–H groups in total. The summed E-state index contributed by atoms with van der Waals surface area (Å²) in [6, 6.07) is 2.43. The van der Waals surface area contributed by atoms with Crippen LogP contribution in [-0.4, -0.2) is 34.2 Å². The number of likely N-dealkylation sites (tertiary alicyclic amines) is 1. The molecule has 1 fully saturated rings. The summed E-state index contributed by atoms with van der Waals surface area (Å²) in [6.45, 7) is 5.32. The Balaban J connectivity index is 1.70. The summed E-state index contributed by atoms with van der Waals surface area (Å²) in [7, 11) is 0. The summed E-state index contributed by atoms with van der Waals surface area (Å²) in [6.07, 6.45) is 3.16. The van der Waals surface area contributed by atoms with Gasteiger partial charge in [-0.15, -0.1) is 0 Å². The highest BCUT2D eigenvalue weighted by atomic mass is 32.1. The van der Waals surface area contributed by atoms with E-state index in [2.05, 4.69) is 38.8 Å². The second kappa shape index (κ2) is 5.45. The van der Waals surface area contributed by atoms with Gasteiger partial charge in [0.2, 0.25) is 0 Å². The van der Waals surface area contributed by atoms with Crippen LogP contribution in [-0.2, 0) is 6.54 Å². The standard InChI is InChI=1S/C14H20N4S/c1-10(15)11-2-4-18(7-11)8-13-6-16-17-14(13)12-3-5-19-9-12/h3,5-6,9-11H,2,4,7-8,15H2,1H3,(H,16,17). The first kappa shape index (κ1) is 12.8. The molecule has 0 aliphatic carbocycles. The molecule has 0 radical (unpaired) electrons. The predicted molar refractivity (Wildman–Crippen MR) is 78.9 cm³/mol. The van der Waals surface area contributed by atoms with Gasteiger partial charge in [-0.05, 0) is 37.3 Å². The number of hydrogen-bond donors (Lipinski definition) is 2. The van der Waals surface area contributed by atoms with Crippen molar-refractivity contribution < 1.29 is 0 Å². The number of aromatic nitrogens is 2. The molecule has 2 unspecified atom stereocenters. The minimum Gasteiger partial charge on any atom is -0.328 e. The Morgan fingerprint density at radius 3 is 3.21 bits per heavy atom. The Bertz CT molecular complexity index is 517. The zero-order valence-electron chi connectivity index (χ0n) is 11.2. The van der Waals surface area contributed by atoms with Crippen molar-refractivity contribution >= 4 is 11.3 Å². The van der Waals surface area contributed by atoms with Crippen molar-refractivity contribution in [1.82, 2.24) is 15.1 Å². The molecule has 3 heterocycles. The predicted octanol–water partition coefficient (Wildman–Crippen LogP) is 2.31. The molecule has 3 rings (SSSR count). The van der Waals surface area contributed by atoms with Gasteiger partial charge in [-0.3, -0.25) is 10.00 Å². The highest BCUT2D eigenvalue weighted by molar-refractivity contribution is 7.08. The smallest absolute Gasteiger partial charge is 0.0703 e. The molecule has 0 saturated carbocycles. The van der Waals surface area contributed by atoms with Gasteiger partial charge >= 0.3 is 0 Å². The highest BCUT2D eigenvalue weighted by Gasteiger charge is 2.25. The summed E-state index contributed by atoms with van der Waals surface area (Å²) in [5.41, 5.74) is 9.67. The Morgan fingerprint density at radius 2 is 2.53 bits per heavy atom. The van der Waals surface area contributed by atoms with Crippen molar-refractivity contribution in [1.29, 1.82) is 0 Å². The molecular weight excluding hydrogens is 256 g/mol. The molecule has 1 saturated heterocycles. The van der Waals surface area contributed by atoms with Crippen LogP contribution in [0.25, 0.3) is 11.3 Å². The van der Waals surface area contributed by atoms with Crippen molar-refractivity contribution in [3.63, 3.8) is 0 Å². The van der Waals surface area contributed by atoms with Gasteiger partial charge in [-0.25, -0.2) is 0 Å². The summed E-state index contributed by atoms with van der Waals surface area (Å²) in [5.74, 6) is 0.636. The normalized spacial score (nSPS) is 21.9. The molecular formula is C14H20N4S. The second-order valence-electron chi connectivity index (χ2n) is 5.43. The lowest BCUT2D eigenvalue weighted by atomic mass is 10.0. The third-order valence-corrected chi connectivity index (χ3v) is 4.66. The molecule has 2 atom stereocenters. The van der Waals surface area contributed by atoms with E-state index < -0.39 is 0 Å². The monoisotopic (exact) mass is 276 g/mol. The van der Waals surface area contributed by atoms with Crippen LogP contribution in [0.3, 0.4) is 0 Å². The summed E-state index contributed by atoms with van der Waals surface area (Å²) >= 11 is 1.72. The lowest BCUT2D eigenvalue weighted by molar-refractivity contribution is 0.309. The third kappa shape index (κ3) is 2.73. The van der Waals surface area contributed by atoms with Crippen LogP contribution in [0.5, 0.6) is 0 Å². The minimum atomic E-state index is 0.297. The summed E-state index contributed by atoms with van der Waals surface area (Å²) in [4.78, 5) is 2.48. The second-order valence-corrected chi connectivity index (χ2v) is 6.21. The molecule has 1 aliphatic heterocycles. The van der Waals surface area contributed by atoms with Crippen molar-refractivity contribution in [3.05, 3.63) is 28.6 Å². The van der Waals surface area contributed by atoms with E-state index in [1.165, 1.54) is 17.5 Å². The van der Waals surface area contributed by atoms with Crippen molar-refractivity contribution in [2.24, 2.45) is 11.7 Å². The molecule has 2 aromatic heterocycles. The van der Waals surface area contributed by atoms with Gasteiger partial charge < -0.3 is 5.73 Å². The average Bonchev–Trinajstić information content (AvgIpc) is 3.09. The van der Waals surface area contributed by atoms with Crippen molar-refractivity contribution in [3.8, 4) is 11.3 Å². The largest absolute Gasteiger partial charge is 0.328 e. The molecule has 0 spiro atoms. The van der Waals surface area contributed by atoms with E-state index >= 15 is 0 Å². The maximum atomic E-state index is 6.00. The first-order valence-electron chi connectivity index (χ1n) is 6.77. The summed E-state index contributed by atoms with van der Waals surface area (Å²) in [5, 5.41) is 11.6. The number of thiophene rings is 1. The number of rotatable bonds is 4. The number of nitrogens with one attached hydrogen (secondary N) is 1. The van der Waals surface area contributed by atoms with Gasteiger partial charge in [0.1, 0.15) is 0 Å². The molecule has 0 amide bonds. The number of aromatic amines is 1. The van der Waals surface area contributed by atoms with E-state index in [1.54, 1.807) is 11.3 Å². The molecule has 4 nitrogen and oxygen atoms in total. The van der Waals surface area contributed by atoms with Crippen LogP contribution in [0.2, 0.25) is 0 Å². The van der Waals surface area contributed by atoms with Crippen LogP contribution in [0.1, 0.15) is 18.9 Å². The Morgan fingerprint density at radius 1 is 1.63 bits per heavy atom. The van der Waals surface area contributed by atoms with Crippen LogP contribution in [0, 0.1) is 5.92 Å². The average molecular weight is 276 g/mol. The van der Waals surface area contributed by atoms with E-state index in [1.807, 2.05) is 6.20 Å². The van der Waals surface area contributed by atoms with Crippen LogP contribution in [0.15, 0.2) is 23.0 Å². The maximum absolute atomic E-state index is 6.00. The van der Waals surface area contributed by atoms with Crippen LogP contribution >= 0.6 is 11.3 Å². The molecule has 1 aliphatic rings. The van der Waals surface area contributed by atoms with Crippen molar-refractivity contribution in [2.75, 3.05) is 13.1 Å². The van der Waals surface area contributed by atoms with Gasteiger partial charge in [0.25, 0.3) is 0 Å². The molecule has 19 heavy (non-hydrogen) atoms. The first-order chi connectivity index (χ1) is 9.24. The Hall–Kier alpha value is -1.17. The van der Waals surface area contributed by atoms with Gasteiger partial charge in [0.05, 0.1) is 11.9 Å². The van der Waals surface area contributed by atoms with Gasteiger partial charge in [0.15, 0.2) is 0 Å². The molecule has 0 bridgehead atoms. The highest BCUT2D eigenvalue weighted by Crippen LogP contribution is 2.26. The molecule has 5 heteroatoms. The fraction of sp³-hybridized carbons (Fsp3) is 0.500. The zero-order chi connectivity index (χ0) is 13.2. The van der Waals surface area contributed by atoms with E-state index in [4.69, 9.17) is 5.73 Å². The fourth-order valence-corrected chi connectivity index (χ4v) is 3.41. The van der Waals surface area contributed by atoms with Gasteiger partial charge in [-0.2, -0.15) is 16.4 Å². The maximum Gasteiger partial charge on any atom is 0.0703 e. The molecule has 102 valence electrons. The first-order valence-corrected chi connectivity index (χ1v) is 7.71. The molecule has 0 aromatic carbocycles. The lowest BCUT2D eigenvalue weighted by Gasteiger charge is -2.17.